The Morgan fingerprint density at radius 3 is 2.68 bits per heavy atom. The van der Waals surface area contributed by atoms with E-state index in [1.54, 1.807) is 40.5 Å². The van der Waals surface area contributed by atoms with Crippen LogP contribution < -0.4 is 10.6 Å². The third kappa shape index (κ3) is 5.10. The lowest BCUT2D eigenvalue weighted by Crippen LogP contribution is -2.47. The number of nitrogens with zero attached hydrogens (tertiary/aromatic N) is 1. The zero-order valence-electron chi connectivity index (χ0n) is 15.6. The Hall–Kier alpha value is -2.87. The smallest absolute Gasteiger partial charge is 0.337 e. The molecule has 0 saturated carbocycles. The molecule has 3 amide bonds. The van der Waals surface area contributed by atoms with Gasteiger partial charge in [0.1, 0.15) is 0 Å². The molecule has 148 valence electrons. The van der Waals surface area contributed by atoms with Crippen LogP contribution in [0.1, 0.15) is 28.1 Å². The second-order valence-corrected chi connectivity index (χ2v) is 7.61. The van der Waals surface area contributed by atoms with E-state index in [0.29, 0.717) is 30.9 Å². The molecule has 0 aliphatic carbocycles. The maximum atomic E-state index is 12.6. The van der Waals surface area contributed by atoms with Crippen LogP contribution in [0, 0.1) is 5.92 Å². The fraction of sp³-hybridized carbons (Fsp3) is 0.350. The topological polar surface area (TPSA) is 87.7 Å². The van der Waals surface area contributed by atoms with Crippen LogP contribution in [-0.2, 0) is 16.1 Å². The second kappa shape index (κ2) is 9.36. The number of esters is 1. The number of hydrogen-bond acceptors (Lipinski definition) is 5. The van der Waals surface area contributed by atoms with Crippen molar-refractivity contribution in [2.45, 2.75) is 19.4 Å². The van der Waals surface area contributed by atoms with Crippen LogP contribution in [0.25, 0.3) is 0 Å². The van der Waals surface area contributed by atoms with Crippen LogP contribution in [-0.4, -0.2) is 43.0 Å². The minimum atomic E-state index is -0.422. The van der Waals surface area contributed by atoms with Crippen molar-refractivity contribution in [3.05, 3.63) is 52.2 Å². The lowest BCUT2D eigenvalue weighted by atomic mass is 9.97. The Balaban J connectivity index is 1.52. The van der Waals surface area contributed by atoms with Gasteiger partial charge in [-0.05, 0) is 48.6 Å². The highest BCUT2D eigenvalue weighted by molar-refractivity contribution is 7.09. The van der Waals surface area contributed by atoms with Crippen molar-refractivity contribution in [1.82, 2.24) is 10.2 Å². The van der Waals surface area contributed by atoms with E-state index < -0.39 is 5.97 Å². The van der Waals surface area contributed by atoms with Crippen molar-refractivity contribution in [3.8, 4) is 0 Å². The van der Waals surface area contributed by atoms with Crippen LogP contribution in [0.4, 0.5) is 10.5 Å². The summed E-state index contributed by atoms with van der Waals surface area (Å²) in [5, 5.41) is 7.74. The number of anilines is 1. The summed E-state index contributed by atoms with van der Waals surface area (Å²) in [6.07, 6.45) is 1.52. The Labute approximate surface area is 167 Å². The summed E-state index contributed by atoms with van der Waals surface area (Å²) >= 11 is 1.60. The lowest BCUT2D eigenvalue weighted by Gasteiger charge is -2.32. The first-order valence-electron chi connectivity index (χ1n) is 9.11. The molecule has 1 aliphatic rings. The number of ether oxygens (including phenoxy) is 1. The normalized spacial score (nSPS) is 16.3. The predicted molar refractivity (Wildman–Crippen MR) is 107 cm³/mol. The van der Waals surface area contributed by atoms with Crippen LogP contribution in [0.2, 0.25) is 0 Å². The predicted octanol–water partition coefficient (Wildman–Crippen LogP) is 3.10. The molecule has 1 aromatic heterocycles. The molecular formula is C20H23N3O4S. The van der Waals surface area contributed by atoms with Crippen molar-refractivity contribution in [1.29, 1.82) is 0 Å². The minimum Gasteiger partial charge on any atom is -0.465 e. The second-order valence-electron chi connectivity index (χ2n) is 6.58. The molecule has 1 aromatic carbocycles. The van der Waals surface area contributed by atoms with E-state index in [2.05, 4.69) is 15.4 Å². The van der Waals surface area contributed by atoms with E-state index in [1.807, 2.05) is 17.5 Å². The number of nitrogens with one attached hydrogen (secondary N) is 2. The van der Waals surface area contributed by atoms with E-state index in [9.17, 15) is 14.4 Å². The summed E-state index contributed by atoms with van der Waals surface area (Å²) in [6, 6.07) is 10.3. The van der Waals surface area contributed by atoms with Crippen LogP contribution in [0.3, 0.4) is 0 Å². The van der Waals surface area contributed by atoms with Crippen LogP contribution in [0.5, 0.6) is 0 Å². The molecule has 1 saturated heterocycles. The number of methoxy groups -OCH3 is 1. The maximum Gasteiger partial charge on any atom is 0.337 e. The summed E-state index contributed by atoms with van der Waals surface area (Å²) in [4.78, 5) is 39.2. The van der Waals surface area contributed by atoms with Crippen molar-refractivity contribution in [2.24, 2.45) is 5.92 Å². The van der Waals surface area contributed by atoms with Gasteiger partial charge in [-0.2, -0.15) is 0 Å². The van der Waals surface area contributed by atoms with Gasteiger partial charge in [0.05, 0.1) is 25.1 Å². The number of piperidine rings is 1. The van der Waals surface area contributed by atoms with Gasteiger partial charge in [0.15, 0.2) is 0 Å². The number of urea groups is 1. The number of thiophene rings is 1. The van der Waals surface area contributed by atoms with E-state index in [-0.39, 0.29) is 17.9 Å². The fourth-order valence-electron chi connectivity index (χ4n) is 3.12. The number of amides is 3. The molecule has 1 aliphatic heterocycles. The molecule has 0 radical (unpaired) electrons. The van der Waals surface area contributed by atoms with E-state index in [4.69, 9.17) is 0 Å². The Bertz CT molecular complexity index is 820. The van der Waals surface area contributed by atoms with Crippen molar-refractivity contribution in [2.75, 3.05) is 25.5 Å². The van der Waals surface area contributed by atoms with Crippen molar-refractivity contribution < 1.29 is 19.1 Å². The molecule has 1 unspecified atom stereocenters. The largest absolute Gasteiger partial charge is 0.465 e. The molecule has 3 rings (SSSR count). The minimum absolute atomic E-state index is 0.124. The molecule has 2 heterocycles. The van der Waals surface area contributed by atoms with E-state index >= 15 is 0 Å². The number of rotatable bonds is 5. The van der Waals surface area contributed by atoms with E-state index in [0.717, 1.165) is 17.7 Å². The van der Waals surface area contributed by atoms with Gasteiger partial charge < -0.3 is 20.3 Å². The number of carbonyl (C=O) groups excluding carboxylic acids is 3. The molecule has 2 N–H and O–H groups in total. The summed E-state index contributed by atoms with van der Waals surface area (Å²) in [6.45, 7) is 1.53. The molecule has 1 atom stereocenters. The number of benzene rings is 1. The van der Waals surface area contributed by atoms with Crippen LogP contribution in [0.15, 0.2) is 41.8 Å². The molecular weight excluding hydrogens is 378 g/mol. The van der Waals surface area contributed by atoms with Gasteiger partial charge in [-0.25, -0.2) is 9.59 Å². The first-order chi connectivity index (χ1) is 13.6. The third-order valence-electron chi connectivity index (χ3n) is 4.65. The summed E-state index contributed by atoms with van der Waals surface area (Å²) in [5.74, 6) is -0.808. The molecule has 1 fully saturated rings. The average molecular weight is 401 g/mol. The Kier molecular flexibility index (Phi) is 6.65. The fourth-order valence-corrected chi connectivity index (χ4v) is 3.76. The molecule has 0 bridgehead atoms. The number of carbonyl (C=O) groups is 3. The monoisotopic (exact) mass is 401 g/mol. The van der Waals surface area contributed by atoms with Gasteiger partial charge in [0, 0.05) is 23.7 Å². The zero-order valence-corrected chi connectivity index (χ0v) is 16.5. The molecule has 8 heteroatoms. The summed E-state index contributed by atoms with van der Waals surface area (Å²) < 4.78 is 4.66. The van der Waals surface area contributed by atoms with Crippen LogP contribution >= 0.6 is 11.3 Å². The molecule has 2 aromatic rings. The van der Waals surface area contributed by atoms with Crippen molar-refractivity contribution >= 4 is 34.9 Å². The van der Waals surface area contributed by atoms with Gasteiger partial charge in [0.2, 0.25) is 5.91 Å². The highest BCUT2D eigenvalue weighted by Crippen LogP contribution is 2.20. The average Bonchev–Trinajstić information content (AvgIpc) is 3.25. The quantitative estimate of drug-likeness (QED) is 0.754. The molecule has 28 heavy (non-hydrogen) atoms. The van der Waals surface area contributed by atoms with Gasteiger partial charge in [-0.15, -0.1) is 11.3 Å². The summed E-state index contributed by atoms with van der Waals surface area (Å²) in [5.41, 5.74) is 1.03. The van der Waals surface area contributed by atoms with Gasteiger partial charge in [0.25, 0.3) is 0 Å². The van der Waals surface area contributed by atoms with Gasteiger partial charge in [-0.1, -0.05) is 6.07 Å². The Morgan fingerprint density at radius 1 is 1.21 bits per heavy atom. The number of likely N-dealkylation sites (tertiary alicyclic amines) is 1. The highest BCUT2D eigenvalue weighted by Gasteiger charge is 2.28. The SMILES string of the molecule is COC(=O)c1ccc(NC(=O)C2CCCN(C(=O)NCc3cccs3)C2)cc1. The molecule has 7 nitrogen and oxygen atoms in total. The summed E-state index contributed by atoms with van der Waals surface area (Å²) in [7, 11) is 1.32. The lowest BCUT2D eigenvalue weighted by molar-refractivity contribution is -0.121. The van der Waals surface area contributed by atoms with E-state index in [1.165, 1.54) is 7.11 Å². The van der Waals surface area contributed by atoms with Gasteiger partial charge in [-0.3, -0.25) is 4.79 Å². The third-order valence-corrected chi connectivity index (χ3v) is 5.52. The standard InChI is InChI=1S/C20H23N3O4S/c1-27-19(25)14-6-8-16(9-7-14)22-18(24)15-4-2-10-23(13-15)20(26)21-12-17-5-3-11-28-17/h3,5-9,11,15H,2,4,10,12-13H2,1H3,(H,21,26)(H,22,24). The first kappa shape index (κ1) is 19.9. The zero-order chi connectivity index (χ0) is 19.9. The Morgan fingerprint density at radius 2 is 2.00 bits per heavy atom. The van der Waals surface area contributed by atoms with Crippen molar-refractivity contribution in [3.63, 3.8) is 0 Å². The number of hydrogen-bond donors (Lipinski definition) is 2. The highest BCUT2D eigenvalue weighted by atomic mass is 32.1. The molecule has 0 spiro atoms. The first-order valence-corrected chi connectivity index (χ1v) is 9.99. The maximum absolute atomic E-state index is 12.6. The van der Waals surface area contributed by atoms with Gasteiger partial charge >= 0.3 is 12.0 Å².